The van der Waals surface area contributed by atoms with Crippen LogP contribution in [0, 0.1) is 5.92 Å². The average Bonchev–Trinajstić information content (AvgIpc) is 3.04. The van der Waals surface area contributed by atoms with Crippen molar-refractivity contribution in [2.45, 2.75) is 19.8 Å². The van der Waals surface area contributed by atoms with Gasteiger partial charge < -0.3 is 20.3 Å². The summed E-state index contributed by atoms with van der Waals surface area (Å²) in [5.41, 5.74) is 2.04. The van der Waals surface area contributed by atoms with Crippen LogP contribution in [-0.2, 0) is 16.0 Å². The molecule has 1 fully saturated rings. The number of amides is 1. The van der Waals surface area contributed by atoms with Gasteiger partial charge in [0.05, 0.1) is 13.2 Å². The smallest absolute Gasteiger partial charge is 0.243 e. The first kappa shape index (κ1) is 18.3. The maximum absolute atomic E-state index is 12.1. The Bertz CT molecular complexity index is 574. The van der Waals surface area contributed by atoms with Gasteiger partial charge in [-0.25, -0.2) is 0 Å². The van der Waals surface area contributed by atoms with E-state index in [4.69, 9.17) is 4.74 Å². The van der Waals surface area contributed by atoms with Crippen molar-refractivity contribution in [2.24, 2.45) is 10.9 Å². The molecule has 0 radical (unpaired) electrons. The fourth-order valence-electron chi connectivity index (χ4n) is 2.96. The Morgan fingerprint density at radius 1 is 1.46 bits per heavy atom. The summed E-state index contributed by atoms with van der Waals surface area (Å²) in [6.45, 7) is 4.91. The van der Waals surface area contributed by atoms with Gasteiger partial charge in [-0.05, 0) is 30.5 Å². The number of benzene rings is 1. The molecular weight excluding hydrogens is 304 g/mol. The summed E-state index contributed by atoms with van der Waals surface area (Å²) in [7, 11) is 3.47. The Morgan fingerprint density at radius 2 is 2.29 bits per heavy atom. The lowest BCUT2D eigenvalue weighted by atomic mass is 10.1. The third-order valence-corrected chi connectivity index (χ3v) is 4.23. The molecule has 24 heavy (non-hydrogen) atoms. The van der Waals surface area contributed by atoms with Gasteiger partial charge in [-0.2, -0.15) is 0 Å². The number of anilines is 1. The molecule has 0 bridgehead atoms. The van der Waals surface area contributed by atoms with Crippen molar-refractivity contribution < 1.29 is 9.53 Å². The molecule has 1 atom stereocenters. The Kier molecular flexibility index (Phi) is 7.06. The molecule has 0 spiro atoms. The second-order valence-electron chi connectivity index (χ2n) is 6.06. The fourth-order valence-corrected chi connectivity index (χ4v) is 2.96. The van der Waals surface area contributed by atoms with E-state index in [0.717, 1.165) is 44.2 Å². The van der Waals surface area contributed by atoms with Crippen LogP contribution in [0.3, 0.4) is 0 Å². The molecule has 1 aliphatic heterocycles. The Labute approximate surface area is 144 Å². The zero-order valence-corrected chi connectivity index (χ0v) is 14.8. The van der Waals surface area contributed by atoms with E-state index >= 15 is 0 Å². The molecular formula is C18H28N4O2. The summed E-state index contributed by atoms with van der Waals surface area (Å²) < 4.78 is 5.22. The topological polar surface area (TPSA) is 66.0 Å². The maximum atomic E-state index is 12.1. The largest absolute Gasteiger partial charge is 0.384 e. The first-order chi connectivity index (χ1) is 11.7. The van der Waals surface area contributed by atoms with Gasteiger partial charge in [0.15, 0.2) is 5.96 Å². The highest BCUT2D eigenvalue weighted by Crippen LogP contribution is 2.16. The number of likely N-dealkylation sites (tertiary alicyclic amines) is 1. The number of aliphatic imine (C=N–C) groups is 1. The highest BCUT2D eigenvalue weighted by molar-refractivity contribution is 5.95. The number of guanidine groups is 1. The number of carbonyl (C=O) groups excluding carboxylic acids is 1. The van der Waals surface area contributed by atoms with E-state index in [-0.39, 0.29) is 12.5 Å². The minimum Gasteiger partial charge on any atom is -0.384 e. The van der Waals surface area contributed by atoms with E-state index in [0.29, 0.717) is 5.92 Å². The highest BCUT2D eigenvalue weighted by atomic mass is 16.5. The molecule has 6 heteroatoms. The lowest BCUT2D eigenvalue weighted by Crippen LogP contribution is -2.43. The van der Waals surface area contributed by atoms with Gasteiger partial charge in [0, 0.05) is 38.9 Å². The zero-order chi connectivity index (χ0) is 17.4. The summed E-state index contributed by atoms with van der Waals surface area (Å²) >= 11 is 0. The van der Waals surface area contributed by atoms with Crippen LogP contribution in [0.2, 0.25) is 0 Å². The summed E-state index contributed by atoms with van der Waals surface area (Å²) in [6, 6.07) is 7.92. The summed E-state index contributed by atoms with van der Waals surface area (Å²) in [4.78, 5) is 18.6. The van der Waals surface area contributed by atoms with Crippen molar-refractivity contribution in [1.82, 2.24) is 10.2 Å². The second-order valence-corrected chi connectivity index (χ2v) is 6.06. The van der Waals surface area contributed by atoms with Crippen molar-refractivity contribution in [2.75, 3.05) is 45.7 Å². The molecule has 2 rings (SSSR count). The Morgan fingerprint density at radius 3 is 3.00 bits per heavy atom. The predicted octanol–water partition coefficient (Wildman–Crippen LogP) is 1.73. The normalized spacial score (nSPS) is 17.9. The summed E-state index contributed by atoms with van der Waals surface area (Å²) in [5, 5.41) is 6.07. The van der Waals surface area contributed by atoms with E-state index in [9.17, 15) is 4.79 Å². The van der Waals surface area contributed by atoms with Gasteiger partial charge in [0.1, 0.15) is 0 Å². The van der Waals surface area contributed by atoms with Crippen LogP contribution < -0.4 is 10.6 Å². The minimum absolute atomic E-state index is 0.0722. The molecule has 1 unspecified atom stereocenters. The maximum Gasteiger partial charge on any atom is 0.243 e. The monoisotopic (exact) mass is 332 g/mol. The number of nitrogens with zero attached hydrogens (tertiary/aromatic N) is 2. The van der Waals surface area contributed by atoms with Crippen LogP contribution in [0.1, 0.15) is 18.9 Å². The second kappa shape index (κ2) is 9.27. The van der Waals surface area contributed by atoms with Crippen molar-refractivity contribution in [3.05, 3.63) is 29.8 Å². The first-order valence-corrected chi connectivity index (χ1v) is 8.49. The number of ether oxygens (including phenoxy) is 1. The first-order valence-electron chi connectivity index (χ1n) is 8.49. The zero-order valence-electron chi connectivity index (χ0n) is 14.8. The number of carbonyl (C=O) groups is 1. The minimum atomic E-state index is -0.0722. The molecule has 1 aliphatic rings. The Balaban J connectivity index is 1.81. The van der Waals surface area contributed by atoms with Crippen LogP contribution in [0.15, 0.2) is 29.3 Å². The summed E-state index contributed by atoms with van der Waals surface area (Å²) in [6.07, 6.45) is 2.04. The standard InChI is InChI=1S/C18H28N4O2/c1-4-14-6-5-7-16(10-14)21-17(23)11-20-18(19-2)22-9-8-15(12-22)13-24-3/h5-7,10,15H,4,8-9,11-13H2,1-3H3,(H,19,20)(H,21,23). The molecule has 0 saturated carbocycles. The molecule has 1 aromatic carbocycles. The molecule has 6 nitrogen and oxygen atoms in total. The van der Waals surface area contributed by atoms with Crippen molar-refractivity contribution in [3.8, 4) is 0 Å². The van der Waals surface area contributed by atoms with Gasteiger partial charge in [-0.15, -0.1) is 0 Å². The van der Waals surface area contributed by atoms with Crippen LogP contribution in [0.25, 0.3) is 0 Å². The third kappa shape index (κ3) is 5.23. The number of hydrogen-bond donors (Lipinski definition) is 2. The Hall–Kier alpha value is -2.08. The summed E-state index contributed by atoms with van der Waals surface area (Å²) in [5.74, 6) is 1.22. The molecule has 1 aromatic rings. The van der Waals surface area contributed by atoms with Crippen LogP contribution in [0.4, 0.5) is 5.69 Å². The van der Waals surface area contributed by atoms with E-state index in [1.54, 1.807) is 14.2 Å². The third-order valence-electron chi connectivity index (χ3n) is 4.23. The molecule has 1 heterocycles. The van der Waals surface area contributed by atoms with Gasteiger partial charge in [0.2, 0.25) is 5.91 Å². The molecule has 0 aliphatic carbocycles. The van der Waals surface area contributed by atoms with Crippen molar-refractivity contribution >= 4 is 17.6 Å². The predicted molar refractivity (Wildman–Crippen MR) is 97.4 cm³/mol. The molecule has 132 valence electrons. The van der Waals surface area contributed by atoms with Crippen LogP contribution >= 0.6 is 0 Å². The molecule has 1 saturated heterocycles. The van der Waals surface area contributed by atoms with Gasteiger partial charge in [0.25, 0.3) is 0 Å². The van der Waals surface area contributed by atoms with E-state index in [1.807, 2.05) is 18.2 Å². The fraction of sp³-hybridized carbons (Fsp3) is 0.556. The van der Waals surface area contributed by atoms with Crippen molar-refractivity contribution in [3.63, 3.8) is 0 Å². The molecule has 2 N–H and O–H groups in total. The van der Waals surface area contributed by atoms with Gasteiger partial charge in [-0.1, -0.05) is 19.1 Å². The van der Waals surface area contributed by atoms with Crippen molar-refractivity contribution in [1.29, 1.82) is 0 Å². The number of aryl methyl sites for hydroxylation is 1. The quantitative estimate of drug-likeness (QED) is 0.615. The number of hydrogen-bond acceptors (Lipinski definition) is 3. The lowest BCUT2D eigenvalue weighted by molar-refractivity contribution is -0.115. The van der Waals surface area contributed by atoms with E-state index in [2.05, 4.69) is 33.5 Å². The van der Waals surface area contributed by atoms with E-state index < -0.39 is 0 Å². The number of nitrogens with one attached hydrogen (secondary N) is 2. The molecule has 1 amide bonds. The van der Waals surface area contributed by atoms with Crippen LogP contribution in [0.5, 0.6) is 0 Å². The SMILES string of the molecule is CCc1cccc(NC(=O)CNC(=NC)N2CCC(COC)C2)c1. The van der Waals surface area contributed by atoms with Gasteiger partial charge >= 0.3 is 0 Å². The van der Waals surface area contributed by atoms with E-state index in [1.165, 1.54) is 5.56 Å². The van der Waals surface area contributed by atoms with Gasteiger partial charge in [-0.3, -0.25) is 9.79 Å². The average molecular weight is 332 g/mol. The number of methoxy groups -OCH3 is 1. The molecule has 0 aromatic heterocycles. The highest BCUT2D eigenvalue weighted by Gasteiger charge is 2.24. The van der Waals surface area contributed by atoms with Crippen LogP contribution in [-0.4, -0.2) is 57.2 Å². The lowest BCUT2D eigenvalue weighted by Gasteiger charge is -2.21. The number of rotatable bonds is 6.